The first-order chi connectivity index (χ1) is 18.1. The highest BCUT2D eigenvalue weighted by Gasteiger charge is 2.53. The van der Waals surface area contributed by atoms with Gasteiger partial charge in [0.15, 0.2) is 16.4 Å². The molecule has 1 fully saturated rings. The number of fused-ring (bicyclic) bond motifs is 2. The Kier molecular flexibility index (Phi) is 6.11. The van der Waals surface area contributed by atoms with E-state index in [1.165, 1.54) is 38.6 Å². The predicted octanol–water partition coefficient (Wildman–Crippen LogP) is -2.78. The number of aromatic nitrogens is 4. The fourth-order valence-corrected chi connectivity index (χ4v) is 6.09. The summed E-state index contributed by atoms with van der Waals surface area (Å²) in [6.45, 7) is -0.105. The Hall–Kier alpha value is -4.71. The van der Waals surface area contributed by atoms with Gasteiger partial charge in [-0.25, -0.2) is 14.3 Å². The van der Waals surface area contributed by atoms with Crippen molar-refractivity contribution >= 4 is 69.2 Å². The minimum atomic E-state index is -1.61. The summed E-state index contributed by atoms with van der Waals surface area (Å²) in [4.78, 5) is 54.3. The monoisotopic (exact) mass is 559 g/mol. The van der Waals surface area contributed by atoms with Gasteiger partial charge in [-0.05, 0) is 0 Å². The van der Waals surface area contributed by atoms with E-state index >= 15 is 0 Å². The summed E-state index contributed by atoms with van der Waals surface area (Å²) >= 11 is 2.21. The van der Waals surface area contributed by atoms with Crippen molar-refractivity contribution in [1.82, 2.24) is 24.8 Å². The van der Waals surface area contributed by atoms with E-state index in [4.69, 9.17) is 11.5 Å². The van der Waals surface area contributed by atoms with Crippen LogP contribution in [0.3, 0.4) is 0 Å². The number of nitrogens with one attached hydrogen (secondary N) is 1. The first-order valence-electron chi connectivity index (χ1n) is 10.6. The van der Waals surface area contributed by atoms with Crippen LogP contribution in [0.2, 0.25) is 0 Å². The zero-order chi connectivity index (χ0) is 27.3. The maximum Gasteiger partial charge on any atom is 0.345 e. The number of hydrogen-bond acceptors (Lipinski definition) is 13. The van der Waals surface area contributed by atoms with Gasteiger partial charge in [0.25, 0.3) is 11.8 Å². The standard InChI is InChI=1S/C20H17N9O7S2/c21-14-8(18(32)33)4-27(10-1-2-23-29(10)14)3-7-5-37-17-12(16(31)28(17)13(7)19(34)35)25-15(30)11(26-36)9-6-38-20(22)24-9/h1-2,4,6,12,17,21H,3,5H2,(H6,22,24,25,30,32,33,34,35,36)/t12-,17-/m1/s1. The molecular weight excluding hydrogens is 542 g/mol. The molecule has 1 saturated heterocycles. The highest BCUT2D eigenvalue weighted by atomic mass is 32.2. The lowest BCUT2D eigenvalue weighted by molar-refractivity contribution is -0.666. The predicted molar refractivity (Wildman–Crippen MR) is 129 cm³/mol. The topological polar surface area (TPSA) is 246 Å². The molecule has 3 aromatic rings. The summed E-state index contributed by atoms with van der Waals surface area (Å²) in [5, 5.41) is 41.1. The number of aliphatic carboxylic acids is 1. The Morgan fingerprint density at radius 1 is 1.34 bits per heavy atom. The van der Waals surface area contributed by atoms with Gasteiger partial charge < -0.3 is 37.0 Å². The number of amides is 2. The van der Waals surface area contributed by atoms with E-state index in [1.54, 1.807) is 6.07 Å². The lowest BCUT2D eigenvalue weighted by Crippen LogP contribution is -2.71. The van der Waals surface area contributed by atoms with E-state index in [-0.39, 0.29) is 45.8 Å². The number of rotatable bonds is 7. The molecule has 38 heavy (non-hydrogen) atoms. The minimum Gasteiger partial charge on any atom is -0.543 e. The minimum absolute atomic E-state index is 0.0115. The molecule has 5 heterocycles. The molecule has 0 saturated carbocycles. The second kappa shape index (κ2) is 9.30. The highest BCUT2D eigenvalue weighted by Crippen LogP contribution is 2.40. The number of carboxylic acid groups (broad SMARTS) is 2. The van der Waals surface area contributed by atoms with Crippen molar-refractivity contribution in [3.63, 3.8) is 0 Å². The highest BCUT2D eigenvalue weighted by molar-refractivity contribution is 8.00. The number of carboxylic acids is 2. The lowest BCUT2D eigenvalue weighted by Gasteiger charge is -2.50. The Bertz CT molecular complexity index is 1590. The molecule has 7 N–H and O–H groups in total. The van der Waals surface area contributed by atoms with Crippen LogP contribution < -0.4 is 26.5 Å². The number of nitrogen functional groups attached to an aromatic ring is 2. The SMILES string of the molecule is Nc1nc(/C(=N/O)C(=O)N[C@@H]2C(=O)N3C(C(=O)[O-])=C(C[n+]4cc(C(=O)O)c(N)n5nccc54)CS[C@H]23)cs1. The van der Waals surface area contributed by atoms with Crippen LogP contribution in [0.5, 0.6) is 0 Å². The van der Waals surface area contributed by atoms with Crippen LogP contribution in [0.4, 0.5) is 10.9 Å². The molecule has 2 aliphatic heterocycles. The Morgan fingerprint density at radius 3 is 2.74 bits per heavy atom. The number of thiazole rings is 1. The molecule has 18 heteroatoms. The summed E-state index contributed by atoms with van der Waals surface area (Å²) in [5.74, 6) is -4.52. The molecule has 0 spiro atoms. The summed E-state index contributed by atoms with van der Waals surface area (Å²) < 4.78 is 2.66. The molecule has 0 bridgehead atoms. The zero-order valence-electron chi connectivity index (χ0n) is 19.0. The maximum atomic E-state index is 13.0. The van der Waals surface area contributed by atoms with Crippen LogP contribution in [-0.4, -0.2) is 76.4 Å². The average molecular weight is 560 g/mol. The molecule has 0 unspecified atom stereocenters. The third-order valence-corrected chi connectivity index (χ3v) is 7.92. The maximum absolute atomic E-state index is 13.0. The zero-order valence-corrected chi connectivity index (χ0v) is 20.6. The largest absolute Gasteiger partial charge is 0.543 e. The van der Waals surface area contributed by atoms with E-state index in [1.807, 2.05) is 0 Å². The third-order valence-electron chi connectivity index (χ3n) is 5.90. The Labute approximate surface area is 219 Å². The molecular formula is C20H17N9O7S2. The fourth-order valence-electron chi connectivity index (χ4n) is 4.21. The molecule has 196 valence electrons. The van der Waals surface area contributed by atoms with Crippen molar-refractivity contribution in [1.29, 1.82) is 0 Å². The first kappa shape index (κ1) is 25.0. The van der Waals surface area contributed by atoms with Crippen LogP contribution in [0, 0.1) is 0 Å². The Morgan fingerprint density at radius 2 is 2.11 bits per heavy atom. The average Bonchev–Trinajstić information content (AvgIpc) is 3.54. The normalized spacial score (nSPS) is 19.3. The number of nitrogens with zero attached hydrogens (tertiary/aromatic N) is 6. The summed E-state index contributed by atoms with van der Waals surface area (Å²) in [6, 6.07) is 0.455. The van der Waals surface area contributed by atoms with Gasteiger partial charge in [-0.15, -0.1) is 23.1 Å². The van der Waals surface area contributed by atoms with Gasteiger partial charge in [0.2, 0.25) is 5.82 Å². The summed E-state index contributed by atoms with van der Waals surface area (Å²) in [6.07, 6.45) is 2.66. The number of hydrogen-bond donors (Lipinski definition) is 5. The number of carbonyl (C=O) groups excluding carboxylic acids is 3. The van der Waals surface area contributed by atoms with Gasteiger partial charge in [0.05, 0.1) is 23.9 Å². The number of anilines is 2. The molecule has 3 aromatic heterocycles. The second-order valence-corrected chi connectivity index (χ2v) is 10.1. The van der Waals surface area contributed by atoms with Crippen molar-refractivity contribution in [2.45, 2.75) is 18.0 Å². The fraction of sp³-hybridized carbons (Fsp3) is 0.200. The van der Waals surface area contributed by atoms with E-state index in [2.05, 4.69) is 20.6 Å². The molecule has 0 aromatic carbocycles. The van der Waals surface area contributed by atoms with Crippen LogP contribution >= 0.6 is 23.1 Å². The van der Waals surface area contributed by atoms with Crippen LogP contribution in [-0.2, 0) is 20.9 Å². The van der Waals surface area contributed by atoms with E-state index in [9.17, 15) is 34.6 Å². The van der Waals surface area contributed by atoms with Crippen LogP contribution in [0.1, 0.15) is 16.1 Å². The second-order valence-electron chi connectivity index (χ2n) is 8.08. The van der Waals surface area contributed by atoms with Crippen molar-refractivity contribution in [2.24, 2.45) is 5.16 Å². The van der Waals surface area contributed by atoms with Gasteiger partial charge >= 0.3 is 11.6 Å². The van der Waals surface area contributed by atoms with Crippen molar-refractivity contribution in [3.05, 3.63) is 46.4 Å². The number of thioether (sulfide) groups is 1. The van der Waals surface area contributed by atoms with Crippen LogP contribution in [0.25, 0.3) is 5.65 Å². The number of oxime groups is 1. The first-order valence-corrected chi connectivity index (χ1v) is 12.6. The van der Waals surface area contributed by atoms with E-state index in [0.717, 1.165) is 16.2 Å². The van der Waals surface area contributed by atoms with Gasteiger partial charge in [-0.2, -0.15) is 0 Å². The smallest absolute Gasteiger partial charge is 0.345 e. The summed E-state index contributed by atoms with van der Waals surface area (Å²) in [7, 11) is 0. The van der Waals surface area contributed by atoms with Crippen molar-refractivity contribution in [2.75, 3.05) is 17.2 Å². The molecule has 5 rings (SSSR count). The number of aromatic carboxylic acids is 1. The Balaban J connectivity index is 1.42. The van der Waals surface area contributed by atoms with E-state index in [0.29, 0.717) is 5.65 Å². The van der Waals surface area contributed by atoms with Gasteiger partial charge in [-0.1, -0.05) is 14.8 Å². The molecule has 2 amide bonds. The molecule has 2 atom stereocenters. The third kappa shape index (κ3) is 3.95. The molecule has 2 aliphatic rings. The molecule has 0 aliphatic carbocycles. The number of carbonyl (C=O) groups is 4. The van der Waals surface area contributed by atoms with E-state index < -0.39 is 40.9 Å². The summed E-state index contributed by atoms with van der Waals surface area (Å²) in [5.41, 5.74) is 11.0. The molecule has 0 radical (unpaired) electrons. The molecule has 16 nitrogen and oxygen atoms in total. The van der Waals surface area contributed by atoms with Crippen molar-refractivity contribution in [3.8, 4) is 0 Å². The van der Waals surface area contributed by atoms with Gasteiger partial charge in [0, 0.05) is 16.7 Å². The lowest BCUT2D eigenvalue weighted by atomic mass is 10.0. The van der Waals surface area contributed by atoms with Crippen LogP contribution in [0.15, 0.2) is 40.3 Å². The quantitative estimate of drug-likeness (QED) is 0.0649. The van der Waals surface area contributed by atoms with Gasteiger partial charge in [0.1, 0.15) is 29.9 Å². The van der Waals surface area contributed by atoms with Crippen molar-refractivity contribution < 1.29 is 39.2 Å². The number of β-lactam (4-membered cyclic amide) rings is 1. The number of nitrogens with two attached hydrogens (primary N) is 2. The van der Waals surface area contributed by atoms with Gasteiger partial charge in [-0.3, -0.25) is 14.5 Å².